The Morgan fingerprint density at radius 2 is 2.12 bits per heavy atom. The molecule has 4 aromatic rings. The summed E-state index contributed by atoms with van der Waals surface area (Å²) in [6, 6.07) is 4.35. The lowest BCUT2D eigenvalue weighted by atomic mass is 10.0. The Kier molecular flexibility index (Phi) is 4.11. The van der Waals surface area contributed by atoms with Crippen molar-refractivity contribution in [2.24, 2.45) is 7.05 Å². The highest BCUT2D eigenvalue weighted by atomic mass is 15.2. The molecule has 0 unspecified atom stereocenters. The summed E-state index contributed by atoms with van der Waals surface area (Å²) in [5.41, 5.74) is 5.21. The molecule has 0 aliphatic carbocycles. The summed E-state index contributed by atoms with van der Waals surface area (Å²) in [6.07, 6.45) is 9.09. The third kappa shape index (κ3) is 2.70. The minimum absolute atomic E-state index is 0.487. The number of aromatic nitrogens is 5. The first-order chi connectivity index (χ1) is 12.7. The normalized spacial score (nSPS) is 11.3. The van der Waals surface area contributed by atoms with E-state index >= 15 is 0 Å². The van der Waals surface area contributed by atoms with Gasteiger partial charge in [0.2, 0.25) is 0 Å². The fourth-order valence-electron chi connectivity index (χ4n) is 3.35. The minimum atomic E-state index is 0.487. The number of H-pyrrole nitrogens is 1. The highest BCUT2D eigenvalue weighted by Gasteiger charge is 2.15. The zero-order valence-corrected chi connectivity index (χ0v) is 14.7. The van der Waals surface area contributed by atoms with Crippen LogP contribution in [-0.2, 0) is 13.5 Å². The monoisotopic (exact) mass is 345 g/mol. The van der Waals surface area contributed by atoms with E-state index in [0.717, 1.165) is 58.0 Å². The first-order valence-corrected chi connectivity index (χ1v) is 8.54. The molecule has 4 aromatic heterocycles. The van der Waals surface area contributed by atoms with Crippen LogP contribution in [0.1, 0.15) is 17.7 Å². The SMILES string of the molecule is CNCCCc1c(C#N)ncc2[nH]c3ncc(-c4cnn(C)c4)cc3c12. The molecule has 130 valence electrons. The predicted octanol–water partition coefficient (Wildman–Crippen LogP) is 2.54. The lowest BCUT2D eigenvalue weighted by Crippen LogP contribution is -2.09. The molecule has 0 aliphatic rings. The number of aromatic amines is 1. The van der Waals surface area contributed by atoms with Crippen molar-refractivity contribution >= 4 is 21.9 Å². The predicted molar refractivity (Wildman–Crippen MR) is 101 cm³/mol. The molecule has 0 saturated heterocycles. The molecule has 7 heteroatoms. The number of nitrogens with one attached hydrogen (secondary N) is 2. The molecular formula is C19H19N7. The molecule has 4 rings (SSSR count). The van der Waals surface area contributed by atoms with Crippen LogP contribution in [0.4, 0.5) is 0 Å². The van der Waals surface area contributed by atoms with Crippen LogP contribution in [0.5, 0.6) is 0 Å². The number of nitriles is 1. The Hall–Kier alpha value is -3.24. The molecule has 0 saturated carbocycles. The Morgan fingerprint density at radius 3 is 2.85 bits per heavy atom. The second-order valence-electron chi connectivity index (χ2n) is 6.34. The molecule has 4 heterocycles. The fourth-order valence-corrected chi connectivity index (χ4v) is 3.35. The van der Waals surface area contributed by atoms with Gasteiger partial charge in [-0.1, -0.05) is 0 Å². The Bertz CT molecular complexity index is 1130. The summed E-state index contributed by atoms with van der Waals surface area (Å²) in [5.74, 6) is 0. The third-order valence-electron chi connectivity index (χ3n) is 4.59. The fraction of sp³-hybridized carbons (Fsp3) is 0.263. The molecule has 0 bridgehead atoms. The van der Waals surface area contributed by atoms with Crippen molar-refractivity contribution in [1.29, 1.82) is 5.26 Å². The number of nitrogens with zero attached hydrogens (tertiary/aromatic N) is 5. The number of hydrogen-bond donors (Lipinski definition) is 2. The smallest absolute Gasteiger partial charge is 0.144 e. The van der Waals surface area contributed by atoms with Crippen molar-refractivity contribution in [3.63, 3.8) is 0 Å². The van der Waals surface area contributed by atoms with Gasteiger partial charge in [0.05, 0.1) is 17.9 Å². The van der Waals surface area contributed by atoms with Gasteiger partial charge in [-0.05, 0) is 38.1 Å². The average Bonchev–Trinajstić information content (AvgIpc) is 3.24. The highest BCUT2D eigenvalue weighted by molar-refractivity contribution is 6.08. The van der Waals surface area contributed by atoms with Crippen LogP contribution < -0.4 is 5.32 Å². The van der Waals surface area contributed by atoms with Crippen molar-refractivity contribution in [2.75, 3.05) is 13.6 Å². The maximum Gasteiger partial charge on any atom is 0.144 e. The quantitative estimate of drug-likeness (QED) is 0.542. The number of fused-ring (bicyclic) bond motifs is 3. The summed E-state index contributed by atoms with van der Waals surface area (Å²) >= 11 is 0. The van der Waals surface area contributed by atoms with E-state index in [4.69, 9.17) is 0 Å². The van der Waals surface area contributed by atoms with E-state index in [1.807, 2.05) is 32.7 Å². The minimum Gasteiger partial charge on any atom is -0.338 e. The standard InChI is InChI=1S/C19H19N7/c1-21-5-3-4-14-16(7-20)22-10-17-18(14)15-6-12(8-23-19(15)25-17)13-9-24-26(2)11-13/h6,8-11,21H,3-5H2,1-2H3,(H,23,25). The van der Waals surface area contributed by atoms with E-state index in [0.29, 0.717) is 5.69 Å². The second-order valence-corrected chi connectivity index (χ2v) is 6.34. The molecule has 0 spiro atoms. The second kappa shape index (κ2) is 6.58. The first-order valence-electron chi connectivity index (χ1n) is 8.54. The van der Waals surface area contributed by atoms with Crippen molar-refractivity contribution in [2.45, 2.75) is 12.8 Å². The van der Waals surface area contributed by atoms with Crippen LogP contribution >= 0.6 is 0 Å². The van der Waals surface area contributed by atoms with Crippen molar-refractivity contribution < 1.29 is 0 Å². The summed E-state index contributed by atoms with van der Waals surface area (Å²) < 4.78 is 1.77. The van der Waals surface area contributed by atoms with E-state index in [1.165, 1.54) is 0 Å². The lowest BCUT2D eigenvalue weighted by Gasteiger charge is -2.06. The zero-order chi connectivity index (χ0) is 18.1. The van der Waals surface area contributed by atoms with Crippen molar-refractivity contribution in [3.8, 4) is 17.2 Å². The summed E-state index contributed by atoms with van der Waals surface area (Å²) in [6.45, 7) is 0.892. The van der Waals surface area contributed by atoms with Crippen LogP contribution in [0.2, 0.25) is 0 Å². The number of hydrogen-bond acceptors (Lipinski definition) is 5. The molecule has 0 atom stereocenters. The highest BCUT2D eigenvalue weighted by Crippen LogP contribution is 2.32. The van der Waals surface area contributed by atoms with Gasteiger partial charge in [0.25, 0.3) is 0 Å². The summed E-state index contributed by atoms with van der Waals surface area (Å²) in [7, 11) is 3.83. The average molecular weight is 345 g/mol. The third-order valence-corrected chi connectivity index (χ3v) is 4.59. The molecule has 26 heavy (non-hydrogen) atoms. The van der Waals surface area contributed by atoms with E-state index in [2.05, 4.69) is 37.5 Å². The van der Waals surface area contributed by atoms with Gasteiger partial charge in [-0.15, -0.1) is 0 Å². The molecular weight excluding hydrogens is 326 g/mol. The van der Waals surface area contributed by atoms with Crippen LogP contribution in [0.3, 0.4) is 0 Å². The van der Waals surface area contributed by atoms with Crippen molar-refractivity contribution in [1.82, 2.24) is 30.0 Å². The first kappa shape index (κ1) is 16.2. The van der Waals surface area contributed by atoms with Gasteiger partial charge in [-0.3, -0.25) is 4.68 Å². The largest absolute Gasteiger partial charge is 0.338 e. The van der Waals surface area contributed by atoms with Crippen LogP contribution in [0, 0.1) is 11.3 Å². The molecule has 0 radical (unpaired) electrons. The zero-order valence-electron chi connectivity index (χ0n) is 14.7. The van der Waals surface area contributed by atoms with Gasteiger partial charge in [0.15, 0.2) is 0 Å². The summed E-state index contributed by atoms with van der Waals surface area (Å²) in [4.78, 5) is 12.2. The van der Waals surface area contributed by atoms with E-state index in [9.17, 15) is 5.26 Å². The summed E-state index contributed by atoms with van der Waals surface area (Å²) in [5, 5.41) is 19.0. The van der Waals surface area contributed by atoms with Crippen molar-refractivity contribution in [3.05, 3.63) is 42.1 Å². The van der Waals surface area contributed by atoms with Gasteiger partial charge in [-0.25, -0.2) is 9.97 Å². The molecule has 0 amide bonds. The van der Waals surface area contributed by atoms with Crippen LogP contribution in [0.15, 0.2) is 30.9 Å². The number of pyridine rings is 2. The number of rotatable bonds is 5. The topological polar surface area (TPSA) is 95.2 Å². The Labute approximate surface area is 150 Å². The molecule has 0 fully saturated rings. The maximum atomic E-state index is 9.51. The molecule has 0 aliphatic heterocycles. The maximum absolute atomic E-state index is 9.51. The van der Waals surface area contributed by atoms with Crippen LogP contribution in [0.25, 0.3) is 33.1 Å². The van der Waals surface area contributed by atoms with Crippen LogP contribution in [-0.4, -0.2) is 38.3 Å². The molecule has 7 nitrogen and oxygen atoms in total. The van der Waals surface area contributed by atoms with Gasteiger partial charge < -0.3 is 10.3 Å². The lowest BCUT2D eigenvalue weighted by molar-refractivity contribution is 0.725. The molecule has 2 N–H and O–H groups in total. The van der Waals surface area contributed by atoms with Gasteiger partial charge in [0, 0.05) is 41.3 Å². The molecule has 0 aromatic carbocycles. The Balaban J connectivity index is 1.93. The Morgan fingerprint density at radius 1 is 1.23 bits per heavy atom. The van der Waals surface area contributed by atoms with E-state index in [-0.39, 0.29) is 0 Å². The van der Waals surface area contributed by atoms with E-state index in [1.54, 1.807) is 10.9 Å². The van der Waals surface area contributed by atoms with Gasteiger partial charge in [-0.2, -0.15) is 10.4 Å². The van der Waals surface area contributed by atoms with E-state index < -0.39 is 0 Å². The van der Waals surface area contributed by atoms with Gasteiger partial charge in [0.1, 0.15) is 17.4 Å². The van der Waals surface area contributed by atoms with Gasteiger partial charge >= 0.3 is 0 Å². The number of aryl methyl sites for hydroxylation is 2.